The number of nitrogens with zero attached hydrogens (tertiary/aromatic N) is 3. The van der Waals surface area contributed by atoms with Crippen molar-refractivity contribution < 1.29 is 0 Å². The van der Waals surface area contributed by atoms with Gasteiger partial charge >= 0.3 is 0 Å². The van der Waals surface area contributed by atoms with E-state index in [9.17, 15) is 0 Å². The van der Waals surface area contributed by atoms with Gasteiger partial charge in [0.05, 0.1) is 5.69 Å². The highest BCUT2D eigenvalue weighted by Crippen LogP contribution is 2.20. The van der Waals surface area contributed by atoms with Gasteiger partial charge in [0.2, 0.25) is 0 Å². The van der Waals surface area contributed by atoms with E-state index in [4.69, 9.17) is 0 Å². The summed E-state index contributed by atoms with van der Waals surface area (Å²) in [5.74, 6) is 0. The molecule has 4 heteroatoms. The first-order valence-electron chi connectivity index (χ1n) is 7.02. The first-order chi connectivity index (χ1) is 8.78. The molecule has 0 amide bonds. The number of aromatic nitrogens is 2. The lowest BCUT2D eigenvalue weighted by Crippen LogP contribution is -2.50. The minimum absolute atomic E-state index is 0.276. The monoisotopic (exact) mass is 248 g/mol. The SMILES string of the molecule is CCC1(CC)CN(Cc2cccnn2)CCCN1. The minimum atomic E-state index is 0.276. The number of hydrogen-bond donors (Lipinski definition) is 1. The minimum Gasteiger partial charge on any atom is -0.310 e. The predicted octanol–water partition coefficient (Wildman–Crippen LogP) is 1.83. The summed E-state index contributed by atoms with van der Waals surface area (Å²) in [5.41, 5.74) is 1.35. The van der Waals surface area contributed by atoms with Crippen LogP contribution in [-0.4, -0.2) is 40.3 Å². The molecule has 0 atom stereocenters. The van der Waals surface area contributed by atoms with Gasteiger partial charge in [0.1, 0.15) is 0 Å². The second kappa shape index (κ2) is 6.25. The highest BCUT2D eigenvalue weighted by molar-refractivity contribution is 5.00. The van der Waals surface area contributed by atoms with Crippen molar-refractivity contribution in [2.75, 3.05) is 19.6 Å². The van der Waals surface area contributed by atoms with Gasteiger partial charge in [-0.2, -0.15) is 10.2 Å². The fourth-order valence-electron chi connectivity index (χ4n) is 2.72. The van der Waals surface area contributed by atoms with E-state index in [2.05, 4.69) is 40.3 Å². The summed E-state index contributed by atoms with van der Waals surface area (Å²) in [6.45, 7) is 8.85. The van der Waals surface area contributed by atoms with Gasteiger partial charge in [-0.25, -0.2) is 0 Å². The number of nitrogens with one attached hydrogen (secondary N) is 1. The van der Waals surface area contributed by atoms with E-state index in [1.807, 2.05) is 6.07 Å². The summed E-state index contributed by atoms with van der Waals surface area (Å²) in [7, 11) is 0. The Morgan fingerprint density at radius 3 is 2.89 bits per heavy atom. The van der Waals surface area contributed by atoms with Crippen LogP contribution in [0, 0.1) is 0 Å². The number of rotatable bonds is 4. The Hall–Kier alpha value is -1.00. The Bertz CT molecular complexity index is 348. The molecule has 1 aromatic rings. The van der Waals surface area contributed by atoms with E-state index in [0.717, 1.165) is 31.9 Å². The molecule has 1 aliphatic heterocycles. The predicted molar refractivity (Wildman–Crippen MR) is 73.2 cm³/mol. The van der Waals surface area contributed by atoms with Crippen molar-refractivity contribution in [3.8, 4) is 0 Å². The lowest BCUT2D eigenvalue weighted by molar-refractivity contribution is 0.189. The zero-order chi connectivity index (χ0) is 12.8. The first kappa shape index (κ1) is 13.4. The van der Waals surface area contributed by atoms with Crippen molar-refractivity contribution in [2.24, 2.45) is 0 Å². The van der Waals surface area contributed by atoms with Crippen molar-refractivity contribution >= 4 is 0 Å². The Labute approximate surface area is 110 Å². The summed E-state index contributed by atoms with van der Waals surface area (Å²) in [5, 5.41) is 11.9. The van der Waals surface area contributed by atoms with Crippen LogP contribution in [0.1, 0.15) is 38.8 Å². The second-order valence-corrected chi connectivity index (χ2v) is 5.19. The van der Waals surface area contributed by atoms with Crippen LogP contribution in [-0.2, 0) is 6.54 Å². The lowest BCUT2D eigenvalue weighted by Gasteiger charge is -2.35. The molecule has 1 aliphatic rings. The molecule has 2 heterocycles. The van der Waals surface area contributed by atoms with Gasteiger partial charge in [-0.1, -0.05) is 13.8 Å². The molecular formula is C14H24N4. The first-order valence-corrected chi connectivity index (χ1v) is 7.02. The zero-order valence-corrected chi connectivity index (χ0v) is 11.5. The summed E-state index contributed by atoms with van der Waals surface area (Å²) >= 11 is 0. The van der Waals surface area contributed by atoms with E-state index in [1.165, 1.54) is 19.3 Å². The van der Waals surface area contributed by atoms with Gasteiger partial charge in [-0.05, 0) is 44.5 Å². The maximum absolute atomic E-state index is 4.19. The molecule has 4 nitrogen and oxygen atoms in total. The molecule has 18 heavy (non-hydrogen) atoms. The van der Waals surface area contributed by atoms with Crippen molar-refractivity contribution in [3.63, 3.8) is 0 Å². The van der Waals surface area contributed by atoms with Gasteiger partial charge < -0.3 is 5.32 Å². The zero-order valence-electron chi connectivity index (χ0n) is 11.5. The van der Waals surface area contributed by atoms with Crippen molar-refractivity contribution in [1.29, 1.82) is 0 Å². The van der Waals surface area contributed by atoms with Crippen LogP contribution in [0.15, 0.2) is 18.3 Å². The molecule has 1 saturated heterocycles. The van der Waals surface area contributed by atoms with Gasteiger partial charge in [-0.3, -0.25) is 4.90 Å². The third-order valence-electron chi connectivity index (χ3n) is 4.04. The molecule has 0 saturated carbocycles. The average Bonchev–Trinajstić information content (AvgIpc) is 2.63. The third kappa shape index (κ3) is 3.27. The molecule has 0 unspecified atom stereocenters. The number of hydrogen-bond acceptors (Lipinski definition) is 4. The molecule has 0 spiro atoms. The van der Waals surface area contributed by atoms with Crippen LogP contribution in [0.3, 0.4) is 0 Å². The molecule has 100 valence electrons. The van der Waals surface area contributed by atoms with Crippen LogP contribution in [0.5, 0.6) is 0 Å². The molecule has 0 aliphatic carbocycles. The smallest absolute Gasteiger partial charge is 0.0771 e. The van der Waals surface area contributed by atoms with Crippen LogP contribution in [0.2, 0.25) is 0 Å². The third-order valence-corrected chi connectivity index (χ3v) is 4.04. The Morgan fingerprint density at radius 1 is 1.39 bits per heavy atom. The summed E-state index contributed by atoms with van der Waals surface area (Å²) in [6, 6.07) is 4.02. The van der Waals surface area contributed by atoms with Crippen molar-refractivity contribution in [1.82, 2.24) is 20.4 Å². The molecule has 2 rings (SSSR count). The van der Waals surface area contributed by atoms with E-state index in [-0.39, 0.29) is 5.54 Å². The Morgan fingerprint density at radius 2 is 2.22 bits per heavy atom. The normalized spacial score (nSPS) is 20.6. The molecule has 0 radical (unpaired) electrons. The fourth-order valence-corrected chi connectivity index (χ4v) is 2.72. The van der Waals surface area contributed by atoms with Crippen LogP contribution in [0.4, 0.5) is 0 Å². The largest absolute Gasteiger partial charge is 0.310 e. The highest BCUT2D eigenvalue weighted by Gasteiger charge is 2.30. The fraction of sp³-hybridized carbons (Fsp3) is 0.714. The topological polar surface area (TPSA) is 41.1 Å². The van der Waals surface area contributed by atoms with Gasteiger partial charge in [-0.15, -0.1) is 0 Å². The van der Waals surface area contributed by atoms with Crippen molar-refractivity contribution in [3.05, 3.63) is 24.0 Å². The lowest BCUT2D eigenvalue weighted by atomic mass is 9.92. The molecule has 0 aromatic carbocycles. The standard InChI is InChI=1S/C14H24N4/c1-3-14(4-2)12-18(10-6-8-15-14)11-13-7-5-9-16-17-13/h5,7,9,15H,3-4,6,8,10-12H2,1-2H3. The highest BCUT2D eigenvalue weighted by atomic mass is 15.2. The molecule has 0 bridgehead atoms. The molecule has 1 aromatic heterocycles. The Kier molecular flexibility index (Phi) is 4.66. The summed E-state index contributed by atoms with van der Waals surface area (Å²) < 4.78 is 0. The van der Waals surface area contributed by atoms with Crippen LogP contribution in [0.25, 0.3) is 0 Å². The maximum Gasteiger partial charge on any atom is 0.0771 e. The summed E-state index contributed by atoms with van der Waals surface area (Å²) in [4.78, 5) is 2.51. The quantitative estimate of drug-likeness (QED) is 0.882. The molecule has 1 fully saturated rings. The van der Waals surface area contributed by atoms with Crippen LogP contribution >= 0.6 is 0 Å². The molecule has 1 N–H and O–H groups in total. The second-order valence-electron chi connectivity index (χ2n) is 5.19. The summed E-state index contributed by atoms with van der Waals surface area (Å²) in [6.07, 6.45) is 5.30. The van der Waals surface area contributed by atoms with Gasteiger partial charge in [0.25, 0.3) is 0 Å². The van der Waals surface area contributed by atoms with Gasteiger partial charge in [0.15, 0.2) is 0 Å². The molecular weight excluding hydrogens is 224 g/mol. The maximum atomic E-state index is 4.19. The van der Waals surface area contributed by atoms with E-state index < -0.39 is 0 Å². The van der Waals surface area contributed by atoms with Crippen LogP contribution < -0.4 is 5.32 Å². The van der Waals surface area contributed by atoms with E-state index in [0.29, 0.717) is 0 Å². The van der Waals surface area contributed by atoms with E-state index in [1.54, 1.807) is 6.20 Å². The van der Waals surface area contributed by atoms with Crippen molar-refractivity contribution in [2.45, 2.75) is 45.2 Å². The Balaban J connectivity index is 2.03. The average molecular weight is 248 g/mol. The van der Waals surface area contributed by atoms with Gasteiger partial charge in [0, 0.05) is 24.8 Å². The van der Waals surface area contributed by atoms with E-state index >= 15 is 0 Å².